The zero-order valence-electron chi connectivity index (χ0n) is 25.6. The van der Waals surface area contributed by atoms with Crippen LogP contribution in [0.15, 0.2) is 11.6 Å². The second-order valence-corrected chi connectivity index (χ2v) is 13.2. The van der Waals surface area contributed by atoms with E-state index >= 15 is 0 Å². The Balaban J connectivity index is 1.87. The fourth-order valence-electron chi connectivity index (χ4n) is 7.94. The number of fused-ring (bicyclic) bond motifs is 1. The summed E-state index contributed by atoms with van der Waals surface area (Å²) in [6.07, 6.45) is 4.53. The molecule has 0 unspecified atom stereocenters. The molecule has 40 heavy (non-hydrogen) atoms. The molecule has 0 radical (unpaired) electrons. The Morgan fingerprint density at radius 2 is 1.62 bits per heavy atom. The highest BCUT2D eigenvalue weighted by molar-refractivity contribution is 5.67. The number of esters is 3. The smallest absolute Gasteiger partial charge is 0.303 e. The summed E-state index contributed by atoms with van der Waals surface area (Å²) in [6.45, 7) is 15.5. The van der Waals surface area contributed by atoms with Crippen molar-refractivity contribution in [2.24, 2.45) is 22.7 Å². The Labute approximate surface area is 239 Å². The van der Waals surface area contributed by atoms with E-state index in [0.717, 1.165) is 44.1 Å². The molecule has 228 valence electrons. The molecule has 3 rings (SSSR count). The molecule has 1 saturated heterocycles. The number of ether oxygens (including phenoxy) is 5. The van der Waals surface area contributed by atoms with Gasteiger partial charge >= 0.3 is 17.9 Å². The predicted molar refractivity (Wildman–Crippen MR) is 148 cm³/mol. The summed E-state index contributed by atoms with van der Waals surface area (Å²) in [5, 5.41) is 11.3. The van der Waals surface area contributed by atoms with Gasteiger partial charge in [-0.1, -0.05) is 32.8 Å². The third kappa shape index (κ3) is 7.45. The van der Waals surface area contributed by atoms with Gasteiger partial charge in [-0.3, -0.25) is 14.4 Å². The van der Waals surface area contributed by atoms with Crippen molar-refractivity contribution >= 4 is 17.9 Å². The first-order valence-electron chi connectivity index (χ1n) is 14.7. The van der Waals surface area contributed by atoms with Crippen LogP contribution in [0.5, 0.6) is 0 Å². The van der Waals surface area contributed by atoms with E-state index in [2.05, 4.69) is 34.6 Å². The summed E-state index contributed by atoms with van der Waals surface area (Å²) in [7, 11) is 0. The van der Waals surface area contributed by atoms with Gasteiger partial charge in [0.25, 0.3) is 0 Å². The average molecular weight is 567 g/mol. The maximum Gasteiger partial charge on any atom is 0.303 e. The number of hydrogen-bond acceptors (Lipinski definition) is 9. The van der Waals surface area contributed by atoms with Gasteiger partial charge in [-0.05, 0) is 81.1 Å². The molecule has 0 aromatic heterocycles. The Morgan fingerprint density at radius 3 is 2.25 bits per heavy atom. The van der Waals surface area contributed by atoms with Crippen LogP contribution in [-0.4, -0.2) is 66.4 Å². The normalized spacial score (nSPS) is 37.7. The first kappa shape index (κ1) is 32.5. The van der Waals surface area contributed by atoms with E-state index in [4.69, 9.17) is 23.7 Å². The molecule has 0 bridgehead atoms. The number of allylic oxidation sites excluding steroid dienone is 1. The SMILES string of the molecule is CC(=O)OC/C=C(\C)CC[C@H]1[C@]2(C)CCCC(C)(C)[C@H]2CC[C@]1(C)O[C@H]1OC[C@H](OC(C)=O)[C@@H](OC(C)=O)[C@@H]1O. The lowest BCUT2D eigenvalue weighted by molar-refractivity contribution is -0.325. The van der Waals surface area contributed by atoms with Crippen molar-refractivity contribution in [2.75, 3.05) is 13.2 Å². The predicted octanol–water partition coefficient (Wildman–Crippen LogP) is 4.87. The zero-order chi connectivity index (χ0) is 29.9. The highest BCUT2D eigenvalue weighted by Gasteiger charge is 2.60. The van der Waals surface area contributed by atoms with Crippen molar-refractivity contribution in [3.63, 3.8) is 0 Å². The molecular formula is C31H50O9. The highest BCUT2D eigenvalue weighted by atomic mass is 16.7. The van der Waals surface area contributed by atoms with Crippen LogP contribution >= 0.6 is 0 Å². The summed E-state index contributed by atoms with van der Waals surface area (Å²) in [4.78, 5) is 34.7. The van der Waals surface area contributed by atoms with Crippen LogP contribution in [0.4, 0.5) is 0 Å². The summed E-state index contributed by atoms with van der Waals surface area (Å²) >= 11 is 0. The van der Waals surface area contributed by atoms with Gasteiger partial charge in [0.15, 0.2) is 18.5 Å². The van der Waals surface area contributed by atoms with Gasteiger partial charge in [-0.25, -0.2) is 0 Å². The first-order valence-corrected chi connectivity index (χ1v) is 14.7. The van der Waals surface area contributed by atoms with Crippen molar-refractivity contribution in [3.05, 3.63) is 11.6 Å². The topological polar surface area (TPSA) is 118 Å². The zero-order valence-corrected chi connectivity index (χ0v) is 25.6. The molecule has 2 saturated carbocycles. The molecule has 0 spiro atoms. The van der Waals surface area contributed by atoms with Gasteiger partial charge < -0.3 is 28.8 Å². The number of aliphatic hydroxyl groups excluding tert-OH is 1. The third-order valence-corrected chi connectivity index (χ3v) is 9.70. The van der Waals surface area contributed by atoms with E-state index in [1.807, 2.05) is 6.08 Å². The van der Waals surface area contributed by atoms with E-state index < -0.39 is 42.1 Å². The van der Waals surface area contributed by atoms with Crippen LogP contribution < -0.4 is 0 Å². The van der Waals surface area contributed by atoms with Crippen LogP contribution in [0.3, 0.4) is 0 Å². The van der Waals surface area contributed by atoms with E-state index in [9.17, 15) is 19.5 Å². The lowest BCUT2D eigenvalue weighted by Crippen LogP contribution is -2.62. The molecule has 0 aromatic rings. The molecule has 1 N–H and O–H groups in total. The molecular weight excluding hydrogens is 516 g/mol. The highest BCUT2D eigenvalue weighted by Crippen LogP contribution is 2.64. The number of carbonyl (C=O) groups is 3. The minimum Gasteiger partial charge on any atom is -0.462 e. The summed E-state index contributed by atoms with van der Waals surface area (Å²) < 4.78 is 28.5. The monoisotopic (exact) mass is 566 g/mol. The quantitative estimate of drug-likeness (QED) is 0.180. The Kier molecular flexibility index (Phi) is 10.5. The summed E-state index contributed by atoms with van der Waals surface area (Å²) in [5.74, 6) is -0.747. The maximum atomic E-state index is 11.8. The molecule has 9 nitrogen and oxygen atoms in total. The largest absolute Gasteiger partial charge is 0.462 e. The lowest BCUT2D eigenvalue weighted by atomic mass is 9.45. The minimum atomic E-state index is -1.32. The van der Waals surface area contributed by atoms with Gasteiger partial charge in [0.1, 0.15) is 12.7 Å². The molecule has 1 aliphatic heterocycles. The van der Waals surface area contributed by atoms with Gasteiger partial charge in [0.05, 0.1) is 12.2 Å². The lowest BCUT2D eigenvalue weighted by Gasteiger charge is -2.63. The van der Waals surface area contributed by atoms with Crippen LogP contribution in [0.1, 0.15) is 100 Å². The second-order valence-electron chi connectivity index (χ2n) is 13.2. The van der Waals surface area contributed by atoms with Crippen molar-refractivity contribution < 1.29 is 43.2 Å². The first-order chi connectivity index (χ1) is 18.6. The Hall–Kier alpha value is -1.97. The molecule has 0 aromatic carbocycles. The van der Waals surface area contributed by atoms with Crippen LogP contribution in [0.2, 0.25) is 0 Å². The number of hydrogen-bond donors (Lipinski definition) is 1. The molecule has 3 fully saturated rings. The minimum absolute atomic E-state index is 0.0140. The van der Waals surface area contributed by atoms with Crippen molar-refractivity contribution in [1.29, 1.82) is 0 Å². The number of rotatable bonds is 9. The number of aliphatic hydroxyl groups is 1. The third-order valence-electron chi connectivity index (χ3n) is 9.70. The van der Waals surface area contributed by atoms with Crippen LogP contribution in [0.25, 0.3) is 0 Å². The average Bonchev–Trinajstić information content (AvgIpc) is 2.81. The molecule has 0 amide bonds. The van der Waals surface area contributed by atoms with E-state index in [1.165, 1.54) is 27.2 Å². The van der Waals surface area contributed by atoms with Crippen LogP contribution in [0, 0.1) is 22.7 Å². The second kappa shape index (κ2) is 12.9. The Bertz CT molecular complexity index is 958. The van der Waals surface area contributed by atoms with E-state index in [-0.39, 0.29) is 35.9 Å². The molecule has 9 heteroatoms. The van der Waals surface area contributed by atoms with Gasteiger partial charge in [0, 0.05) is 20.8 Å². The summed E-state index contributed by atoms with van der Waals surface area (Å²) in [6, 6.07) is 0. The van der Waals surface area contributed by atoms with Crippen molar-refractivity contribution in [2.45, 2.75) is 131 Å². The van der Waals surface area contributed by atoms with Crippen molar-refractivity contribution in [3.8, 4) is 0 Å². The standard InChI is InChI=1S/C31H50O9/c1-19(13-17-36-20(2)32)10-11-25-30(7)15-9-14-29(5,6)24(30)12-16-31(25,8)40-28-26(35)27(39-22(4)34)23(18-37-28)38-21(3)33/h13,23-28,35H,9-12,14-18H2,1-8H3/b19-13+/t23-,24+,25-,26-,27+,28+,30+,31-/m0/s1. The van der Waals surface area contributed by atoms with E-state index in [1.54, 1.807) is 0 Å². The fourth-order valence-corrected chi connectivity index (χ4v) is 7.94. The number of carbonyl (C=O) groups excluding carboxylic acids is 3. The molecule has 2 aliphatic carbocycles. The van der Waals surface area contributed by atoms with E-state index in [0.29, 0.717) is 5.92 Å². The summed E-state index contributed by atoms with van der Waals surface area (Å²) in [5.41, 5.74) is 0.762. The Morgan fingerprint density at radius 1 is 0.950 bits per heavy atom. The van der Waals surface area contributed by atoms with Gasteiger partial charge in [0.2, 0.25) is 0 Å². The molecule has 8 atom stereocenters. The van der Waals surface area contributed by atoms with Crippen molar-refractivity contribution in [1.82, 2.24) is 0 Å². The van der Waals surface area contributed by atoms with Gasteiger partial charge in [-0.2, -0.15) is 0 Å². The molecule has 3 aliphatic rings. The molecule has 1 heterocycles. The van der Waals surface area contributed by atoms with Gasteiger partial charge in [-0.15, -0.1) is 0 Å². The van der Waals surface area contributed by atoms with Crippen LogP contribution in [-0.2, 0) is 38.1 Å². The fraction of sp³-hybridized carbons (Fsp3) is 0.839. The maximum absolute atomic E-state index is 11.8.